The highest BCUT2D eigenvalue weighted by atomic mass is 32.2. The summed E-state index contributed by atoms with van der Waals surface area (Å²) in [5.41, 5.74) is 1.69. The number of carbonyl (C=O) groups is 1. The number of sulfonamides is 1. The third kappa shape index (κ3) is 5.14. The summed E-state index contributed by atoms with van der Waals surface area (Å²) in [6.45, 7) is 4.16. The molecule has 0 saturated heterocycles. The summed E-state index contributed by atoms with van der Waals surface area (Å²) in [7, 11) is -3.82. The van der Waals surface area contributed by atoms with Crippen molar-refractivity contribution in [3.05, 3.63) is 65.7 Å². The summed E-state index contributed by atoms with van der Waals surface area (Å²) in [6.07, 6.45) is 0.646. The zero-order chi connectivity index (χ0) is 18.4. The van der Waals surface area contributed by atoms with E-state index >= 15 is 0 Å². The van der Waals surface area contributed by atoms with Crippen LogP contribution in [0.5, 0.6) is 0 Å². The number of aliphatic carboxylic acids is 1. The molecule has 0 radical (unpaired) electrons. The van der Waals surface area contributed by atoms with Crippen LogP contribution in [0.2, 0.25) is 0 Å². The predicted octanol–water partition coefficient (Wildman–Crippen LogP) is 3.69. The SMILES string of the molecule is CC[C@H](C)c1ccc(S(=O)(=O)N[C@H](CC(=O)O)c2ccccc2)cc1. The molecule has 0 spiro atoms. The average Bonchev–Trinajstić information content (AvgIpc) is 2.61. The molecule has 2 aromatic carbocycles. The topological polar surface area (TPSA) is 83.5 Å². The number of carboxylic acid groups (broad SMARTS) is 1. The van der Waals surface area contributed by atoms with Crippen molar-refractivity contribution in [2.75, 3.05) is 0 Å². The number of hydrogen-bond acceptors (Lipinski definition) is 3. The van der Waals surface area contributed by atoms with Gasteiger partial charge >= 0.3 is 5.97 Å². The van der Waals surface area contributed by atoms with Gasteiger partial charge in [0.05, 0.1) is 17.4 Å². The Labute approximate surface area is 148 Å². The Kier molecular flexibility index (Phi) is 6.33. The summed E-state index contributed by atoms with van der Waals surface area (Å²) in [6, 6.07) is 14.6. The molecule has 25 heavy (non-hydrogen) atoms. The molecule has 2 N–H and O–H groups in total. The molecule has 2 aromatic rings. The number of carboxylic acids is 1. The molecule has 0 saturated carbocycles. The van der Waals surface area contributed by atoms with E-state index in [9.17, 15) is 13.2 Å². The monoisotopic (exact) mass is 361 g/mol. The molecule has 134 valence electrons. The van der Waals surface area contributed by atoms with Crippen LogP contribution < -0.4 is 4.72 Å². The van der Waals surface area contributed by atoms with Crippen LogP contribution in [-0.2, 0) is 14.8 Å². The fourth-order valence-corrected chi connectivity index (χ4v) is 3.78. The summed E-state index contributed by atoms with van der Waals surface area (Å²) in [5, 5.41) is 9.10. The summed E-state index contributed by atoms with van der Waals surface area (Å²) < 4.78 is 27.8. The minimum Gasteiger partial charge on any atom is -0.481 e. The fourth-order valence-electron chi connectivity index (χ4n) is 2.55. The molecule has 0 amide bonds. The highest BCUT2D eigenvalue weighted by Gasteiger charge is 2.23. The Bertz CT molecular complexity index is 801. The minimum atomic E-state index is -3.82. The highest BCUT2D eigenvalue weighted by molar-refractivity contribution is 7.89. The Morgan fingerprint density at radius 2 is 1.64 bits per heavy atom. The van der Waals surface area contributed by atoms with Crippen LogP contribution in [0, 0.1) is 0 Å². The van der Waals surface area contributed by atoms with E-state index in [1.165, 1.54) is 0 Å². The number of hydrogen-bond donors (Lipinski definition) is 2. The first-order valence-corrected chi connectivity index (χ1v) is 9.71. The molecule has 0 aliphatic carbocycles. The van der Waals surface area contributed by atoms with Gasteiger partial charge in [-0.3, -0.25) is 4.79 Å². The van der Waals surface area contributed by atoms with Crippen molar-refractivity contribution >= 4 is 16.0 Å². The molecule has 0 heterocycles. The van der Waals surface area contributed by atoms with Gasteiger partial charge in [0.1, 0.15) is 0 Å². The van der Waals surface area contributed by atoms with Crippen LogP contribution >= 0.6 is 0 Å². The molecule has 0 unspecified atom stereocenters. The Morgan fingerprint density at radius 1 is 1.04 bits per heavy atom. The second-order valence-electron chi connectivity index (χ2n) is 6.06. The third-order valence-electron chi connectivity index (χ3n) is 4.25. The number of rotatable bonds is 8. The van der Waals surface area contributed by atoms with Gasteiger partial charge in [0, 0.05) is 0 Å². The van der Waals surface area contributed by atoms with E-state index < -0.39 is 22.0 Å². The van der Waals surface area contributed by atoms with Gasteiger partial charge in [0.15, 0.2) is 0 Å². The van der Waals surface area contributed by atoms with Crippen LogP contribution in [0.15, 0.2) is 59.5 Å². The Morgan fingerprint density at radius 3 is 2.16 bits per heavy atom. The van der Waals surface area contributed by atoms with E-state index in [0.29, 0.717) is 11.5 Å². The van der Waals surface area contributed by atoms with Crippen LogP contribution in [0.4, 0.5) is 0 Å². The lowest BCUT2D eigenvalue weighted by Crippen LogP contribution is -2.30. The van der Waals surface area contributed by atoms with E-state index in [4.69, 9.17) is 5.11 Å². The first-order chi connectivity index (χ1) is 11.8. The van der Waals surface area contributed by atoms with Crippen molar-refractivity contribution in [1.29, 1.82) is 0 Å². The van der Waals surface area contributed by atoms with E-state index in [1.54, 1.807) is 54.6 Å². The third-order valence-corrected chi connectivity index (χ3v) is 5.74. The second-order valence-corrected chi connectivity index (χ2v) is 7.77. The van der Waals surface area contributed by atoms with Gasteiger partial charge in [-0.1, -0.05) is 56.3 Å². The zero-order valence-electron chi connectivity index (χ0n) is 14.3. The second kappa shape index (κ2) is 8.27. The van der Waals surface area contributed by atoms with Crippen LogP contribution in [0.25, 0.3) is 0 Å². The maximum absolute atomic E-state index is 12.6. The largest absolute Gasteiger partial charge is 0.481 e. The first kappa shape index (κ1) is 19.1. The fraction of sp³-hybridized carbons (Fsp3) is 0.316. The van der Waals surface area contributed by atoms with E-state index in [-0.39, 0.29) is 11.3 Å². The van der Waals surface area contributed by atoms with Crippen molar-refractivity contribution in [3.63, 3.8) is 0 Å². The summed E-state index contributed by atoms with van der Waals surface area (Å²) >= 11 is 0. The molecule has 0 fully saturated rings. The normalized spacial score (nSPS) is 14.0. The van der Waals surface area contributed by atoms with Gasteiger partial charge < -0.3 is 5.11 Å². The lowest BCUT2D eigenvalue weighted by molar-refractivity contribution is -0.137. The number of benzene rings is 2. The van der Waals surface area contributed by atoms with E-state index in [0.717, 1.165) is 12.0 Å². The molecule has 0 bridgehead atoms. The quantitative estimate of drug-likeness (QED) is 0.751. The molecule has 0 aliphatic rings. The van der Waals surface area contributed by atoms with Crippen molar-refractivity contribution in [1.82, 2.24) is 4.72 Å². The standard InChI is InChI=1S/C19H23NO4S/c1-3-14(2)15-9-11-17(12-10-15)25(23,24)20-18(13-19(21)22)16-7-5-4-6-8-16/h4-12,14,18,20H,3,13H2,1-2H3,(H,21,22)/t14-,18+/m0/s1. The maximum Gasteiger partial charge on any atom is 0.305 e. The number of nitrogens with one attached hydrogen (secondary N) is 1. The summed E-state index contributed by atoms with van der Waals surface area (Å²) in [5.74, 6) is -0.711. The van der Waals surface area contributed by atoms with Crippen molar-refractivity contribution < 1.29 is 18.3 Å². The molecule has 2 rings (SSSR count). The first-order valence-electron chi connectivity index (χ1n) is 8.22. The molecular weight excluding hydrogens is 338 g/mol. The van der Waals surface area contributed by atoms with Gasteiger partial charge in [0.2, 0.25) is 10.0 Å². The van der Waals surface area contributed by atoms with Gasteiger partial charge in [-0.25, -0.2) is 13.1 Å². The van der Waals surface area contributed by atoms with Crippen LogP contribution in [-0.4, -0.2) is 19.5 Å². The van der Waals surface area contributed by atoms with Gasteiger partial charge in [0.25, 0.3) is 0 Å². The predicted molar refractivity (Wildman–Crippen MR) is 96.9 cm³/mol. The Balaban J connectivity index is 2.26. The van der Waals surface area contributed by atoms with Crippen LogP contribution in [0.1, 0.15) is 49.8 Å². The molecule has 5 nitrogen and oxygen atoms in total. The zero-order valence-corrected chi connectivity index (χ0v) is 15.2. The maximum atomic E-state index is 12.6. The van der Waals surface area contributed by atoms with Crippen LogP contribution in [0.3, 0.4) is 0 Å². The Hall–Kier alpha value is -2.18. The van der Waals surface area contributed by atoms with E-state index in [2.05, 4.69) is 18.6 Å². The molecule has 2 atom stereocenters. The van der Waals surface area contributed by atoms with Gasteiger partial charge in [-0.05, 0) is 35.6 Å². The minimum absolute atomic E-state index is 0.130. The highest BCUT2D eigenvalue weighted by Crippen LogP contribution is 2.23. The average molecular weight is 361 g/mol. The molecule has 0 aliphatic heterocycles. The van der Waals surface area contributed by atoms with E-state index in [1.807, 2.05) is 0 Å². The summed E-state index contributed by atoms with van der Waals surface area (Å²) in [4.78, 5) is 11.3. The van der Waals surface area contributed by atoms with Crippen molar-refractivity contribution in [3.8, 4) is 0 Å². The van der Waals surface area contributed by atoms with Crippen molar-refractivity contribution in [2.45, 2.75) is 43.5 Å². The lowest BCUT2D eigenvalue weighted by atomic mass is 9.99. The lowest BCUT2D eigenvalue weighted by Gasteiger charge is -2.18. The molecule has 0 aromatic heterocycles. The smallest absolute Gasteiger partial charge is 0.305 e. The molecule has 6 heteroatoms. The van der Waals surface area contributed by atoms with Crippen molar-refractivity contribution in [2.24, 2.45) is 0 Å². The van der Waals surface area contributed by atoms with Gasteiger partial charge in [-0.2, -0.15) is 0 Å². The van der Waals surface area contributed by atoms with Gasteiger partial charge in [-0.15, -0.1) is 0 Å². The molecular formula is C19H23NO4S.